The first kappa shape index (κ1) is 12.4. The molecule has 2 atom stereocenters. The monoisotopic (exact) mass is 186 g/mol. The third-order valence-corrected chi connectivity index (χ3v) is 1.68. The summed E-state index contributed by atoms with van der Waals surface area (Å²) >= 11 is 0. The Balaban J connectivity index is 3.85. The minimum absolute atomic E-state index is 0.187. The molecule has 0 saturated heterocycles. The van der Waals surface area contributed by atoms with Gasteiger partial charge >= 0.3 is 0 Å². The average Bonchev–Trinajstić information content (AvgIpc) is 2.17. The third-order valence-electron chi connectivity index (χ3n) is 1.68. The Hall–Kier alpha value is -0.640. The maximum Gasteiger partial charge on any atom is 0.146 e. The summed E-state index contributed by atoms with van der Waals surface area (Å²) in [5.74, 6) is 0. The molecule has 3 heteroatoms. The molecule has 0 fully saturated rings. The number of hydrogen-bond donors (Lipinski definition) is 1. The van der Waals surface area contributed by atoms with E-state index in [4.69, 9.17) is 9.47 Å². The smallest absolute Gasteiger partial charge is 0.146 e. The van der Waals surface area contributed by atoms with Gasteiger partial charge in [-0.15, -0.1) is 13.2 Å². The van der Waals surface area contributed by atoms with E-state index in [-0.39, 0.29) is 12.9 Å². The summed E-state index contributed by atoms with van der Waals surface area (Å²) in [5.41, 5.74) is 0. The summed E-state index contributed by atoms with van der Waals surface area (Å²) in [6.45, 7) is 7.29. The Labute approximate surface area is 79.7 Å². The highest BCUT2D eigenvalue weighted by Crippen LogP contribution is 2.08. The van der Waals surface area contributed by atoms with E-state index in [9.17, 15) is 5.11 Å². The van der Waals surface area contributed by atoms with Crippen LogP contribution in [0.4, 0.5) is 0 Å². The number of allylic oxidation sites excluding steroid dienone is 1. The fourth-order valence-electron chi connectivity index (χ4n) is 0.942. The fraction of sp³-hybridized carbons (Fsp3) is 0.600. The van der Waals surface area contributed by atoms with E-state index in [1.807, 2.05) is 0 Å². The molecule has 0 aliphatic rings. The van der Waals surface area contributed by atoms with Gasteiger partial charge in [-0.1, -0.05) is 12.2 Å². The first-order valence-corrected chi connectivity index (χ1v) is 4.28. The van der Waals surface area contributed by atoms with E-state index in [1.54, 1.807) is 13.2 Å². The normalized spacial score (nSPS) is 14.9. The molecule has 0 amide bonds. The van der Waals surface area contributed by atoms with Gasteiger partial charge in [0.25, 0.3) is 0 Å². The second-order valence-corrected chi connectivity index (χ2v) is 2.70. The van der Waals surface area contributed by atoms with Gasteiger partial charge in [-0.2, -0.15) is 0 Å². The first-order chi connectivity index (χ1) is 6.26. The Morgan fingerprint density at radius 1 is 1.46 bits per heavy atom. The summed E-state index contributed by atoms with van der Waals surface area (Å²) in [7, 11) is 1.55. The van der Waals surface area contributed by atoms with Crippen LogP contribution in [0.15, 0.2) is 25.3 Å². The predicted octanol–water partition coefficient (Wildman–Crippen LogP) is 1.49. The standard InChI is InChI=1S/C10H18O3/c1-4-6-7-10(9(11)5-2)13-8-12-3/h4-5,9-11H,1-2,6-8H2,3H3/t9-,10-/m1/s1. The molecule has 0 spiro atoms. The first-order valence-electron chi connectivity index (χ1n) is 4.28. The molecular weight excluding hydrogens is 168 g/mol. The molecule has 0 aliphatic carbocycles. The van der Waals surface area contributed by atoms with Gasteiger partial charge in [0.2, 0.25) is 0 Å². The summed E-state index contributed by atoms with van der Waals surface area (Å²) in [4.78, 5) is 0. The van der Waals surface area contributed by atoms with Crippen LogP contribution in [0.1, 0.15) is 12.8 Å². The van der Waals surface area contributed by atoms with E-state index in [1.165, 1.54) is 6.08 Å². The molecule has 0 aromatic carbocycles. The zero-order chi connectivity index (χ0) is 10.1. The molecule has 0 saturated carbocycles. The second kappa shape index (κ2) is 7.98. The van der Waals surface area contributed by atoms with Crippen molar-refractivity contribution >= 4 is 0 Å². The number of rotatable bonds is 8. The zero-order valence-corrected chi connectivity index (χ0v) is 8.11. The molecule has 0 bridgehead atoms. The van der Waals surface area contributed by atoms with Gasteiger partial charge in [0.15, 0.2) is 0 Å². The highest BCUT2D eigenvalue weighted by atomic mass is 16.7. The van der Waals surface area contributed by atoms with Crippen LogP contribution in [0, 0.1) is 0 Å². The lowest BCUT2D eigenvalue weighted by molar-refractivity contribution is -0.104. The molecular formula is C10H18O3. The van der Waals surface area contributed by atoms with E-state index in [0.717, 1.165) is 12.8 Å². The van der Waals surface area contributed by atoms with Crippen molar-refractivity contribution in [2.45, 2.75) is 25.0 Å². The van der Waals surface area contributed by atoms with Crippen molar-refractivity contribution in [1.29, 1.82) is 0 Å². The van der Waals surface area contributed by atoms with Crippen LogP contribution in [-0.4, -0.2) is 31.2 Å². The minimum atomic E-state index is -0.643. The molecule has 1 N–H and O–H groups in total. The number of aliphatic hydroxyl groups excluding tert-OH is 1. The average molecular weight is 186 g/mol. The number of ether oxygens (including phenoxy) is 2. The van der Waals surface area contributed by atoms with Crippen LogP contribution < -0.4 is 0 Å². The van der Waals surface area contributed by atoms with E-state index in [2.05, 4.69) is 13.2 Å². The van der Waals surface area contributed by atoms with Gasteiger partial charge in [-0.3, -0.25) is 0 Å². The zero-order valence-electron chi connectivity index (χ0n) is 8.11. The SMILES string of the molecule is C=CCC[C@@H](OCOC)[C@H](O)C=C. The highest BCUT2D eigenvalue weighted by Gasteiger charge is 2.15. The molecule has 13 heavy (non-hydrogen) atoms. The van der Waals surface area contributed by atoms with Crippen molar-refractivity contribution < 1.29 is 14.6 Å². The van der Waals surface area contributed by atoms with E-state index >= 15 is 0 Å². The molecule has 0 unspecified atom stereocenters. The highest BCUT2D eigenvalue weighted by molar-refractivity contribution is 4.86. The molecule has 3 nitrogen and oxygen atoms in total. The Kier molecular flexibility index (Phi) is 7.59. The molecule has 0 radical (unpaired) electrons. The maximum atomic E-state index is 9.44. The summed E-state index contributed by atoms with van der Waals surface area (Å²) in [6, 6.07) is 0. The lowest BCUT2D eigenvalue weighted by atomic mass is 10.1. The van der Waals surface area contributed by atoms with E-state index < -0.39 is 6.10 Å². The predicted molar refractivity (Wildman–Crippen MR) is 52.4 cm³/mol. The number of aliphatic hydroxyl groups is 1. The molecule has 0 rings (SSSR count). The lowest BCUT2D eigenvalue weighted by Gasteiger charge is -2.19. The Morgan fingerprint density at radius 2 is 2.15 bits per heavy atom. The quantitative estimate of drug-likeness (QED) is 0.461. The van der Waals surface area contributed by atoms with Crippen molar-refractivity contribution in [3.63, 3.8) is 0 Å². The van der Waals surface area contributed by atoms with Gasteiger partial charge in [0, 0.05) is 7.11 Å². The maximum absolute atomic E-state index is 9.44. The number of hydrogen-bond acceptors (Lipinski definition) is 3. The second-order valence-electron chi connectivity index (χ2n) is 2.70. The summed E-state index contributed by atoms with van der Waals surface area (Å²) in [6.07, 6.45) is 3.88. The fourth-order valence-corrected chi connectivity index (χ4v) is 0.942. The van der Waals surface area contributed by atoms with Crippen LogP contribution in [0.2, 0.25) is 0 Å². The van der Waals surface area contributed by atoms with Crippen molar-refractivity contribution in [1.82, 2.24) is 0 Å². The minimum Gasteiger partial charge on any atom is -0.386 e. The third kappa shape index (κ3) is 5.58. The van der Waals surface area contributed by atoms with Crippen LogP contribution >= 0.6 is 0 Å². The van der Waals surface area contributed by atoms with Crippen molar-refractivity contribution in [2.24, 2.45) is 0 Å². The molecule has 0 heterocycles. The van der Waals surface area contributed by atoms with Gasteiger partial charge in [-0.25, -0.2) is 0 Å². The Morgan fingerprint density at radius 3 is 2.62 bits per heavy atom. The summed E-state index contributed by atoms with van der Waals surface area (Å²) in [5, 5.41) is 9.44. The van der Waals surface area contributed by atoms with Crippen LogP contribution in [0.3, 0.4) is 0 Å². The van der Waals surface area contributed by atoms with Crippen LogP contribution in [0.25, 0.3) is 0 Å². The lowest BCUT2D eigenvalue weighted by Crippen LogP contribution is -2.27. The molecule has 0 aromatic rings. The van der Waals surface area contributed by atoms with Gasteiger partial charge in [0.05, 0.1) is 12.2 Å². The van der Waals surface area contributed by atoms with Gasteiger partial charge < -0.3 is 14.6 Å². The molecule has 76 valence electrons. The van der Waals surface area contributed by atoms with Gasteiger partial charge in [-0.05, 0) is 12.8 Å². The van der Waals surface area contributed by atoms with Crippen molar-refractivity contribution in [3.05, 3.63) is 25.3 Å². The van der Waals surface area contributed by atoms with Crippen LogP contribution in [-0.2, 0) is 9.47 Å². The molecule has 0 aromatic heterocycles. The van der Waals surface area contributed by atoms with Crippen molar-refractivity contribution in [2.75, 3.05) is 13.9 Å². The van der Waals surface area contributed by atoms with Crippen molar-refractivity contribution in [3.8, 4) is 0 Å². The molecule has 0 aliphatic heterocycles. The number of methoxy groups -OCH3 is 1. The van der Waals surface area contributed by atoms with Crippen LogP contribution in [0.5, 0.6) is 0 Å². The summed E-state index contributed by atoms with van der Waals surface area (Å²) < 4.78 is 10.0. The van der Waals surface area contributed by atoms with E-state index in [0.29, 0.717) is 0 Å². The van der Waals surface area contributed by atoms with Gasteiger partial charge in [0.1, 0.15) is 6.79 Å². The Bertz CT molecular complexity index is 145. The topological polar surface area (TPSA) is 38.7 Å². The largest absolute Gasteiger partial charge is 0.386 e.